The summed E-state index contributed by atoms with van der Waals surface area (Å²) in [4.78, 5) is 0. The number of hydrogen-bond donors (Lipinski definition) is 1. The van der Waals surface area contributed by atoms with Gasteiger partial charge in [-0.3, -0.25) is 4.68 Å². The van der Waals surface area contributed by atoms with Gasteiger partial charge in [-0.15, -0.1) is 0 Å². The van der Waals surface area contributed by atoms with Crippen LogP contribution in [0.1, 0.15) is 5.56 Å². The van der Waals surface area contributed by atoms with Crippen LogP contribution in [0, 0.1) is 0 Å². The average molecular weight is 279 g/mol. The molecule has 0 atom stereocenters. The first-order chi connectivity index (χ1) is 10.2. The van der Waals surface area contributed by atoms with Crippen LogP contribution in [-0.4, -0.2) is 9.78 Å². The molecule has 0 amide bonds. The van der Waals surface area contributed by atoms with Gasteiger partial charge < -0.3 is 10.5 Å². The fourth-order valence-corrected chi connectivity index (χ4v) is 2.18. The number of nitrogens with two attached hydrogens (primary N) is 1. The van der Waals surface area contributed by atoms with Crippen LogP contribution in [0.15, 0.2) is 60.8 Å². The summed E-state index contributed by atoms with van der Waals surface area (Å²) in [5.41, 5.74) is 9.54. The van der Waals surface area contributed by atoms with Crippen molar-refractivity contribution in [3.8, 4) is 17.0 Å². The van der Waals surface area contributed by atoms with E-state index in [1.54, 1.807) is 10.9 Å². The number of aryl methyl sites for hydroxylation is 1. The molecule has 21 heavy (non-hydrogen) atoms. The minimum atomic E-state index is 0.561. The molecule has 0 bridgehead atoms. The zero-order chi connectivity index (χ0) is 14.7. The lowest BCUT2D eigenvalue weighted by Crippen LogP contribution is -1.95. The smallest absolute Gasteiger partial charge is 0.119 e. The molecule has 0 fully saturated rings. The standard InChI is InChI=1S/C17H17N3O/c1-20-11-16(18)17(19-20)14-7-9-15(10-8-14)21-12-13-5-3-2-4-6-13/h2-11H,12,18H2,1H3. The predicted octanol–water partition coefficient (Wildman–Crippen LogP) is 3.25. The SMILES string of the molecule is Cn1cc(N)c(-c2ccc(OCc3ccccc3)cc2)n1. The van der Waals surface area contributed by atoms with Crippen LogP contribution in [0.25, 0.3) is 11.3 Å². The fourth-order valence-electron chi connectivity index (χ4n) is 2.18. The Hall–Kier alpha value is -2.75. The molecule has 3 rings (SSSR count). The van der Waals surface area contributed by atoms with Gasteiger partial charge in [-0.1, -0.05) is 30.3 Å². The van der Waals surface area contributed by atoms with Crippen molar-refractivity contribution in [2.75, 3.05) is 5.73 Å². The van der Waals surface area contributed by atoms with E-state index in [1.807, 2.05) is 61.6 Å². The maximum absolute atomic E-state index is 5.93. The number of benzene rings is 2. The molecular weight excluding hydrogens is 262 g/mol. The molecule has 106 valence electrons. The number of nitrogens with zero attached hydrogens (tertiary/aromatic N) is 2. The minimum Gasteiger partial charge on any atom is -0.489 e. The van der Waals surface area contributed by atoms with Gasteiger partial charge in [0.2, 0.25) is 0 Å². The van der Waals surface area contributed by atoms with Crippen LogP contribution in [0.4, 0.5) is 5.69 Å². The highest BCUT2D eigenvalue weighted by Crippen LogP contribution is 2.25. The maximum Gasteiger partial charge on any atom is 0.119 e. The summed E-state index contributed by atoms with van der Waals surface area (Å²) in [5, 5.41) is 4.35. The van der Waals surface area contributed by atoms with E-state index < -0.39 is 0 Å². The van der Waals surface area contributed by atoms with Gasteiger partial charge in [0, 0.05) is 18.8 Å². The molecule has 0 aliphatic heterocycles. The molecule has 4 nitrogen and oxygen atoms in total. The zero-order valence-corrected chi connectivity index (χ0v) is 11.9. The first-order valence-electron chi connectivity index (χ1n) is 6.78. The highest BCUT2D eigenvalue weighted by molar-refractivity contribution is 5.72. The number of ether oxygens (including phenoxy) is 1. The summed E-state index contributed by atoms with van der Waals surface area (Å²) in [6.07, 6.45) is 1.80. The van der Waals surface area contributed by atoms with E-state index in [-0.39, 0.29) is 0 Å². The van der Waals surface area contributed by atoms with Crippen molar-refractivity contribution in [2.24, 2.45) is 7.05 Å². The monoisotopic (exact) mass is 279 g/mol. The van der Waals surface area contributed by atoms with E-state index in [0.717, 1.165) is 22.6 Å². The van der Waals surface area contributed by atoms with E-state index >= 15 is 0 Å². The molecule has 0 unspecified atom stereocenters. The third kappa shape index (κ3) is 3.05. The van der Waals surface area contributed by atoms with Gasteiger partial charge in [-0.25, -0.2) is 0 Å². The molecule has 1 aromatic heterocycles. The van der Waals surface area contributed by atoms with Gasteiger partial charge in [0.15, 0.2) is 0 Å². The molecule has 3 aromatic rings. The highest BCUT2D eigenvalue weighted by atomic mass is 16.5. The Labute approximate surface area is 123 Å². The summed E-state index contributed by atoms with van der Waals surface area (Å²) < 4.78 is 7.47. The van der Waals surface area contributed by atoms with Crippen LogP contribution in [-0.2, 0) is 13.7 Å². The van der Waals surface area contributed by atoms with Gasteiger partial charge in [0.25, 0.3) is 0 Å². The van der Waals surface area contributed by atoms with Gasteiger partial charge >= 0.3 is 0 Å². The van der Waals surface area contributed by atoms with Gasteiger partial charge in [0.05, 0.1) is 5.69 Å². The Bertz CT molecular complexity index is 718. The van der Waals surface area contributed by atoms with Crippen LogP contribution >= 0.6 is 0 Å². The number of rotatable bonds is 4. The van der Waals surface area contributed by atoms with Gasteiger partial charge in [0.1, 0.15) is 18.1 Å². The summed E-state index contributed by atoms with van der Waals surface area (Å²) in [7, 11) is 1.86. The molecule has 2 N–H and O–H groups in total. The topological polar surface area (TPSA) is 53.1 Å². The van der Waals surface area contributed by atoms with Crippen LogP contribution < -0.4 is 10.5 Å². The number of aromatic nitrogens is 2. The molecule has 2 aromatic carbocycles. The number of nitrogen functional groups attached to an aromatic ring is 1. The van der Waals surface area contributed by atoms with Crippen LogP contribution in [0.5, 0.6) is 5.75 Å². The lowest BCUT2D eigenvalue weighted by Gasteiger charge is -2.07. The Kier molecular flexibility index (Phi) is 3.60. The summed E-state index contributed by atoms with van der Waals surface area (Å²) in [6, 6.07) is 17.9. The van der Waals surface area contributed by atoms with E-state index in [0.29, 0.717) is 12.3 Å². The molecule has 1 heterocycles. The first-order valence-corrected chi connectivity index (χ1v) is 6.78. The average Bonchev–Trinajstić information content (AvgIpc) is 2.85. The number of hydrogen-bond acceptors (Lipinski definition) is 3. The molecular formula is C17H17N3O. The summed E-state index contributed by atoms with van der Waals surface area (Å²) in [5.74, 6) is 0.831. The zero-order valence-electron chi connectivity index (χ0n) is 11.9. The van der Waals surface area contributed by atoms with Gasteiger partial charge in [-0.05, 0) is 29.8 Å². The van der Waals surface area contributed by atoms with Crippen molar-refractivity contribution in [3.05, 3.63) is 66.4 Å². The van der Waals surface area contributed by atoms with E-state index in [9.17, 15) is 0 Å². The highest BCUT2D eigenvalue weighted by Gasteiger charge is 2.07. The van der Waals surface area contributed by atoms with E-state index in [4.69, 9.17) is 10.5 Å². The second-order valence-corrected chi connectivity index (χ2v) is 4.91. The third-order valence-corrected chi connectivity index (χ3v) is 3.23. The molecule has 0 spiro atoms. The van der Waals surface area contributed by atoms with E-state index in [1.165, 1.54) is 0 Å². The quantitative estimate of drug-likeness (QED) is 0.797. The van der Waals surface area contributed by atoms with Crippen molar-refractivity contribution in [1.29, 1.82) is 0 Å². The van der Waals surface area contributed by atoms with Crippen molar-refractivity contribution >= 4 is 5.69 Å². The first kappa shape index (κ1) is 13.2. The predicted molar refractivity (Wildman–Crippen MR) is 83.8 cm³/mol. The number of anilines is 1. The molecule has 0 aliphatic rings. The molecule has 0 radical (unpaired) electrons. The van der Waals surface area contributed by atoms with E-state index in [2.05, 4.69) is 5.10 Å². The molecule has 0 saturated heterocycles. The normalized spacial score (nSPS) is 10.5. The van der Waals surface area contributed by atoms with Crippen molar-refractivity contribution in [1.82, 2.24) is 9.78 Å². The Morgan fingerprint density at radius 1 is 1.05 bits per heavy atom. The Morgan fingerprint density at radius 3 is 2.38 bits per heavy atom. The second kappa shape index (κ2) is 5.71. The lowest BCUT2D eigenvalue weighted by molar-refractivity contribution is 0.306. The second-order valence-electron chi connectivity index (χ2n) is 4.91. The van der Waals surface area contributed by atoms with Crippen LogP contribution in [0.2, 0.25) is 0 Å². The maximum atomic E-state index is 5.93. The third-order valence-electron chi connectivity index (χ3n) is 3.23. The molecule has 0 aliphatic carbocycles. The van der Waals surface area contributed by atoms with Crippen molar-refractivity contribution in [3.63, 3.8) is 0 Å². The van der Waals surface area contributed by atoms with Crippen molar-refractivity contribution in [2.45, 2.75) is 6.61 Å². The molecule has 4 heteroatoms. The largest absolute Gasteiger partial charge is 0.489 e. The van der Waals surface area contributed by atoms with Crippen LogP contribution in [0.3, 0.4) is 0 Å². The Morgan fingerprint density at radius 2 is 1.76 bits per heavy atom. The van der Waals surface area contributed by atoms with Gasteiger partial charge in [-0.2, -0.15) is 5.10 Å². The Balaban J connectivity index is 1.71. The summed E-state index contributed by atoms with van der Waals surface area (Å²) in [6.45, 7) is 0.561. The lowest BCUT2D eigenvalue weighted by atomic mass is 10.1. The minimum absolute atomic E-state index is 0.561. The summed E-state index contributed by atoms with van der Waals surface area (Å²) >= 11 is 0. The van der Waals surface area contributed by atoms with Crippen molar-refractivity contribution < 1.29 is 4.74 Å². The molecule has 0 saturated carbocycles. The fraction of sp³-hybridized carbons (Fsp3) is 0.118.